The third-order valence-electron chi connectivity index (χ3n) is 24.5. The Morgan fingerprint density at radius 2 is 0.442 bits per heavy atom. The highest BCUT2D eigenvalue weighted by molar-refractivity contribution is 6.10. The SMILES string of the molecule is c1ccc(-c2nc(-c3ccccc3)nc(-c3cccc4c(-c5ccc6c(c5)oc5cc(C7(c8ccccc8)c8ccccc8-c8ccccc87)ccc56)cccc34)n2)cc1.c1ccc(-c2nc(-c3ccccc3)nc(-c3cccc4cc(-c5ccc6c(c5)oc5cc(C7(c8ccccc8)c8ccccc8-c8ccccc87)ccc56)ccc34)n2)cc1. The molecular formula is C112H70N6O2. The van der Waals surface area contributed by atoms with E-state index in [4.69, 9.17) is 38.7 Å². The number of hydrogen-bond acceptors (Lipinski definition) is 8. The lowest BCUT2D eigenvalue weighted by molar-refractivity contribution is 0.665. The quantitative estimate of drug-likeness (QED) is 0.119. The minimum absolute atomic E-state index is 0.482. The zero-order valence-electron chi connectivity index (χ0n) is 64.9. The van der Waals surface area contributed by atoms with E-state index in [9.17, 15) is 0 Å². The molecule has 0 aliphatic heterocycles. The Kier molecular flexibility index (Phi) is 16.5. The summed E-state index contributed by atoms with van der Waals surface area (Å²) < 4.78 is 13.7. The smallest absolute Gasteiger partial charge is 0.164 e. The first-order chi connectivity index (χ1) is 59.5. The Morgan fingerprint density at radius 3 is 0.850 bits per heavy atom. The molecule has 0 spiro atoms. The van der Waals surface area contributed by atoms with Crippen molar-refractivity contribution in [3.8, 4) is 113 Å². The molecule has 120 heavy (non-hydrogen) atoms. The second kappa shape index (κ2) is 28.5. The summed E-state index contributed by atoms with van der Waals surface area (Å²) >= 11 is 0. The van der Waals surface area contributed by atoms with Crippen molar-refractivity contribution in [2.45, 2.75) is 10.8 Å². The van der Waals surface area contributed by atoms with Crippen LogP contribution in [0.4, 0.5) is 0 Å². The first kappa shape index (κ1) is 69.6. The molecule has 18 aromatic carbocycles. The van der Waals surface area contributed by atoms with Crippen molar-refractivity contribution in [2.24, 2.45) is 0 Å². The van der Waals surface area contributed by atoms with Crippen molar-refractivity contribution in [2.75, 3.05) is 0 Å². The number of benzene rings is 18. The van der Waals surface area contributed by atoms with Gasteiger partial charge in [0, 0.05) is 54.9 Å². The largest absolute Gasteiger partial charge is 0.456 e. The maximum atomic E-state index is 6.86. The van der Waals surface area contributed by atoms with Crippen LogP contribution in [0.1, 0.15) is 44.5 Å². The molecule has 8 heteroatoms. The van der Waals surface area contributed by atoms with Crippen LogP contribution in [0.15, 0.2) is 433 Å². The van der Waals surface area contributed by atoms with Gasteiger partial charge in [0.2, 0.25) is 0 Å². The fourth-order valence-corrected chi connectivity index (χ4v) is 19.1. The van der Waals surface area contributed by atoms with Gasteiger partial charge < -0.3 is 8.83 Å². The fraction of sp³-hybridized carbons (Fsp3) is 0.0179. The van der Waals surface area contributed by atoms with Gasteiger partial charge in [-0.05, 0) is 153 Å². The maximum Gasteiger partial charge on any atom is 0.164 e. The van der Waals surface area contributed by atoms with Gasteiger partial charge in [0.15, 0.2) is 34.9 Å². The lowest BCUT2D eigenvalue weighted by atomic mass is 9.67. The van der Waals surface area contributed by atoms with Crippen LogP contribution >= 0.6 is 0 Å². The number of fused-ring (bicyclic) bond motifs is 14. The third-order valence-corrected chi connectivity index (χ3v) is 24.5. The monoisotopic (exact) mass is 1530 g/mol. The second-order valence-corrected chi connectivity index (χ2v) is 31.0. The topological polar surface area (TPSA) is 104 Å². The molecule has 22 aromatic rings. The van der Waals surface area contributed by atoms with Gasteiger partial charge in [0.05, 0.1) is 10.8 Å². The van der Waals surface area contributed by atoms with Crippen molar-refractivity contribution >= 4 is 65.4 Å². The third kappa shape index (κ3) is 11.4. The molecule has 4 aromatic heterocycles. The van der Waals surface area contributed by atoms with E-state index in [2.05, 4.69) is 303 Å². The van der Waals surface area contributed by atoms with Crippen LogP contribution in [-0.4, -0.2) is 29.9 Å². The standard InChI is InChI=1S/2C56H35N3O/c1-4-16-36(17-5-1)53-57-54(37-18-6-2-7-19-37)59-55(58-53)48-27-15-25-42-41(24-14-26-43(42)48)38-30-32-46-47-33-31-40(35-52(47)60-51(46)34-38)56(39-20-8-3-9-21-39)49-28-12-10-22-44(49)45-23-11-13-29-50(45)56;1-4-15-36(16-5-1)53-57-54(37-17-6-2-7-18-37)59-55(58-53)48-24-14-19-40-33-38(27-30-43(40)48)39-28-31-46-47-32-29-42(35-52(47)60-51(46)34-39)56(41-20-8-3-9-21-41)49-25-12-10-22-44(49)45-23-11-13-26-50(45)56/h2*1-35H. The number of nitrogens with zero attached hydrogens (tertiary/aromatic N) is 6. The molecule has 0 N–H and O–H groups in total. The van der Waals surface area contributed by atoms with E-state index in [1.807, 2.05) is 121 Å². The van der Waals surface area contributed by atoms with Crippen LogP contribution in [0.3, 0.4) is 0 Å². The lowest BCUT2D eigenvalue weighted by Gasteiger charge is -2.33. The average Bonchev–Trinajstić information content (AvgIpc) is 1.54. The molecule has 0 fully saturated rings. The van der Waals surface area contributed by atoms with Crippen LogP contribution < -0.4 is 0 Å². The van der Waals surface area contributed by atoms with Crippen LogP contribution in [-0.2, 0) is 10.8 Å². The predicted molar refractivity (Wildman–Crippen MR) is 487 cm³/mol. The zero-order chi connectivity index (χ0) is 79.2. The van der Waals surface area contributed by atoms with Crippen LogP contribution in [0, 0.1) is 0 Å². The Hall–Kier alpha value is -15.9. The molecule has 0 radical (unpaired) electrons. The van der Waals surface area contributed by atoms with Crippen molar-refractivity contribution in [1.82, 2.24) is 29.9 Å². The summed E-state index contributed by atoms with van der Waals surface area (Å²) in [6.07, 6.45) is 0. The van der Waals surface area contributed by atoms with Crippen molar-refractivity contribution in [3.05, 3.63) is 469 Å². The maximum absolute atomic E-state index is 6.86. The first-order valence-electron chi connectivity index (χ1n) is 40.7. The molecule has 4 heterocycles. The molecule has 2 aliphatic carbocycles. The molecule has 0 bridgehead atoms. The summed E-state index contributed by atoms with van der Waals surface area (Å²) in [7, 11) is 0. The zero-order valence-corrected chi connectivity index (χ0v) is 64.9. The summed E-state index contributed by atoms with van der Waals surface area (Å²) in [6.45, 7) is 0. The van der Waals surface area contributed by atoms with Gasteiger partial charge in [0.25, 0.3) is 0 Å². The summed E-state index contributed by atoms with van der Waals surface area (Å²) in [5, 5.41) is 8.75. The van der Waals surface area contributed by atoms with E-state index in [0.717, 1.165) is 121 Å². The van der Waals surface area contributed by atoms with E-state index in [1.54, 1.807) is 0 Å². The highest BCUT2D eigenvalue weighted by Gasteiger charge is 2.48. The van der Waals surface area contributed by atoms with Gasteiger partial charge in [-0.2, -0.15) is 0 Å². The predicted octanol–water partition coefficient (Wildman–Crippen LogP) is 27.9. The Bertz CT molecular complexity index is 7570. The van der Waals surface area contributed by atoms with Crippen molar-refractivity contribution in [1.29, 1.82) is 0 Å². The Morgan fingerprint density at radius 1 is 0.158 bits per heavy atom. The highest BCUT2D eigenvalue weighted by atomic mass is 16.3. The van der Waals surface area contributed by atoms with Gasteiger partial charge in [-0.15, -0.1) is 0 Å². The summed E-state index contributed by atoms with van der Waals surface area (Å²) in [5.41, 5.74) is 27.7. The van der Waals surface area contributed by atoms with Gasteiger partial charge >= 0.3 is 0 Å². The molecule has 24 rings (SSSR count). The van der Waals surface area contributed by atoms with Gasteiger partial charge in [0.1, 0.15) is 22.3 Å². The van der Waals surface area contributed by atoms with Crippen LogP contribution in [0.2, 0.25) is 0 Å². The van der Waals surface area contributed by atoms with E-state index in [1.165, 1.54) is 66.8 Å². The fourth-order valence-electron chi connectivity index (χ4n) is 19.1. The van der Waals surface area contributed by atoms with Gasteiger partial charge in [-0.3, -0.25) is 0 Å². The lowest BCUT2D eigenvalue weighted by Crippen LogP contribution is -2.28. The van der Waals surface area contributed by atoms with Crippen LogP contribution in [0.5, 0.6) is 0 Å². The number of furan rings is 2. The molecule has 0 amide bonds. The average molecular weight is 1530 g/mol. The van der Waals surface area contributed by atoms with E-state index < -0.39 is 10.8 Å². The van der Waals surface area contributed by atoms with Crippen LogP contribution in [0.25, 0.3) is 178 Å². The van der Waals surface area contributed by atoms with E-state index in [0.29, 0.717) is 34.9 Å². The molecule has 0 atom stereocenters. The minimum Gasteiger partial charge on any atom is -0.456 e. The molecule has 0 saturated heterocycles. The molecule has 0 unspecified atom stereocenters. The summed E-state index contributed by atoms with van der Waals surface area (Å²) in [6, 6.07) is 150. The summed E-state index contributed by atoms with van der Waals surface area (Å²) in [5.74, 6) is 3.85. The van der Waals surface area contributed by atoms with E-state index >= 15 is 0 Å². The first-order valence-corrected chi connectivity index (χ1v) is 40.7. The van der Waals surface area contributed by atoms with Crippen molar-refractivity contribution in [3.63, 3.8) is 0 Å². The molecule has 2 aliphatic rings. The molecule has 0 saturated carbocycles. The Labute approximate surface area is 692 Å². The number of aromatic nitrogens is 6. The van der Waals surface area contributed by atoms with Crippen molar-refractivity contribution < 1.29 is 8.83 Å². The Balaban J connectivity index is 0.000000140. The molecular weight excluding hydrogens is 1460 g/mol. The number of hydrogen-bond donors (Lipinski definition) is 0. The molecule has 8 nitrogen and oxygen atoms in total. The number of rotatable bonds is 12. The van der Waals surface area contributed by atoms with Gasteiger partial charge in [-0.25, -0.2) is 29.9 Å². The minimum atomic E-state index is -0.490. The van der Waals surface area contributed by atoms with Gasteiger partial charge in [-0.1, -0.05) is 382 Å². The van der Waals surface area contributed by atoms with E-state index in [-0.39, 0.29) is 0 Å². The molecule has 560 valence electrons. The summed E-state index contributed by atoms with van der Waals surface area (Å²) in [4.78, 5) is 30.0. The highest BCUT2D eigenvalue weighted by Crippen LogP contribution is 2.59. The second-order valence-electron chi connectivity index (χ2n) is 31.0. The normalized spacial score (nSPS) is 12.8.